The molecule has 1 aliphatic rings. The van der Waals surface area contributed by atoms with E-state index in [-0.39, 0.29) is 12.5 Å². The Balaban J connectivity index is 2.38. The summed E-state index contributed by atoms with van der Waals surface area (Å²) in [6.45, 7) is 6.74. The number of piperazine rings is 1. The molecule has 6 nitrogen and oxygen atoms in total. The van der Waals surface area contributed by atoms with Crippen molar-refractivity contribution in [3.63, 3.8) is 0 Å². The molecule has 1 aromatic rings. The van der Waals surface area contributed by atoms with Crippen molar-refractivity contribution in [3.8, 4) is 0 Å². The zero-order valence-corrected chi connectivity index (χ0v) is 11.4. The molecule has 0 aliphatic carbocycles. The summed E-state index contributed by atoms with van der Waals surface area (Å²) < 4.78 is 5.41. The van der Waals surface area contributed by atoms with E-state index < -0.39 is 17.9 Å². The highest BCUT2D eigenvalue weighted by atomic mass is 16.3. The summed E-state index contributed by atoms with van der Waals surface area (Å²) in [6.07, 6.45) is 0. The third-order valence-corrected chi connectivity index (χ3v) is 3.46. The topological polar surface area (TPSA) is 79.6 Å². The van der Waals surface area contributed by atoms with Gasteiger partial charge < -0.3 is 9.32 Å². The molecule has 1 fully saturated rings. The van der Waals surface area contributed by atoms with Crippen molar-refractivity contribution in [3.05, 3.63) is 22.6 Å². The predicted molar refractivity (Wildman–Crippen MR) is 66.6 cm³/mol. The Labute approximate surface area is 110 Å². The Kier molecular flexibility index (Phi) is 3.18. The van der Waals surface area contributed by atoms with Gasteiger partial charge in [-0.15, -0.1) is 0 Å². The summed E-state index contributed by atoms with van der Waals surface area (Å²) >= 11 is 0. The fraction of sp³-hybridized carbons (Fsp3) is 0.462. The molecule has 1 atom stereocenters. The van der Waals surface area contributed by atoms with E-state index in [4.69, 9.17) is 4.42 Å². The van der Waals surface area contributed by atoms with E-state index in [2.05, 4.69) is 5.32 Å². The normalized spacial score (nSPS) is 19.6. The molecule has 1 aromatic heterocycles. The lowest BCUT2D eigenvalue weighted by atomic mass is 10.1. The lowest BCUT2D eigenvalue weighted by molar-refractivity contribution is -0.138. The second-order valence-corrected chi connectivity index (χ2v) is 4.74. The minimum Gasteiger partial charge on any atom is -0.466 e. The maximum absolute atomic E-state index is 12.5. The van der Waals surface area contributed by atoms with Crippen LogP contribution in [0.1, 0.15) is 34.4 Å². The molecule has 0 bridgehead atoms. The highest BCUT2D eigenvalue weighted by Crippen LogP contribution is 2.23. The number of aryl methyl sites for hydroxylation is 2. The number of rotatable bonds is 1. The molecule has 3 amide bonds. The molecule has 0 aromatic carbocycles. The number of hydrogen-bond acceptors (Lipinski definition) is 4. The van der Waals surface area contributed by atoms with E-state index in [1.807, 2.05) is 0 Å². The SMILES string of the molecule is Cc1oc(C)c(C(=O)N2CC(=O)NC(=O)C2C)c1C. The first-order valence-electron chi connectivity index (χ1n) is 6.04. The molecular weight excluding hydrogens is 248 g/mol. The second kappa shape index (κ2) is 4.53. The minimum atomic E-state index is -0.667. The Hall–Kier alpha value is -2.11. The van der Waals surface area contributed by atoms with Crippen molar-refractivity contribution in [2.24, 2.45) is 0 Å². The number of carbonyl (C=O) groups excluding carboxylic acids is 3. The van der Waals surface area contributed by atoms with Gasteiger partial charge in [0, 0.05) is 5.56 Å². The molecule has 19 heavy (non-hydrogen) atoms. The highest BCUT2D eigenvalue weighted by molar-refractivity contribution is 6.07. The van der Waals surface area contributed by atoms with Gasteiger partial charge in [-0.2, -0.15) is 0 Å². The van der Waals surface area contributed by atoms with Gasteiger partial charge in [-0.3, -0.25) is 19.7 Å². The summed E-state index contributed by atoms with van der Waals surface area (Å²) in [6, 6.07) is -0.667. The maximum atomic E-state index is 12.5. The predicted octanol–water partition coefficient (Wildman–Crippen LogP) is 0.692. The first-order valence-corrected chi connectivity index (χ1v) is 6.04. The van der Waals surface area contributed by atoms with Gasteiger partial charge in [0.1, 0.15) is 24.1 Å². The summed E-state index contributed by atoms with van der Waals surface area (Å²) in [5.41, 5.74) is 1.18. The van der Waals surface area contributed by atoms with Crippen LogP contribution in [0.3, 0.4) is 0 Å². The van der Waals surface area contributed by atoms with Crippen LogP contribution in [0.15, 0.2) is 4.42 Å². The smallest absolute Gasteiger partial charge is 0.258 e. The van der Waals surface area contributed by atoms with Crippen LogP contribution in [0, 0.1) is 20.8 Å². The van der Waals surface area contributed by atoms with Crippen LogP contribution < -0.4 is 5.32 Å². The fourth-order valence-electron chi connectivity index (χ4n) is 2.21. The fourth-order valence-corrected chi connectivity index (χ4v) is 2.21. The summed E-state index contributed by atoms with van der Waals surface area (Å²) in [5, 5.41) is 2.20. The molecule has 1 N–H and O–H groups in total. The third-order valence-electron chi connectivity index (χ3n) is 3.46. The van der Waals surface area contributed by atoms with E-state index in [9.17, 15) is 14.4 Å². The van der Waals surface area contributed by atoms with Gasteiger partial charge in [-0.1, -0.05) is 0 Å². The van der Waals surface area contributed by atoms with Crippen LogP contribution in [0.2, 0.25) is 0 Å². The minimum absolute atomic E-state index is 0.116. The number of furan rings is 1. The Bertz CT molecular complexity index is 573. The largest absolute Gasteiger partial charge is 0.466 e. The molecule has 1 saturated heterocycles. The van der Waals surface area contributed by atoms with Crippen LogP contribution in [-0.4, -0.2) is 35.2 Å². The zero-order chi connectivity index (χ0) is 14.3. The lowest BCUT2D eigenvalue weighted by Crippen LogP contribution is -2.58. The van der Waals surface area contributed by atoms with Crippen LogP contribution >= 0.6 is 0 Å². The molecule has 2 rings (SSSR count). The standard InChI is InChI=1S/C13H16N2O4/c1-6-8(3)19-9(4)11(6)13(18)15-5-10(16)14-12(17)7(15)2/h7H,5H2,1-4H3,(H,14,16,17). The Morgan fingerprint density at radius 2 is 1.89 bits per heavy atom. The van der Waals surface area contributed by atoms with Gasteiger partial charge in [0.2, 0.25) is 11.8 Å². The maximum Gasteiger partial charge on any atom is 0.258 e. The van der Waals surface area contributed by atoms with E-state index in [0.29, 0.717) is 17.1 Å². The molecule has 0 saturated carbocycles. The highest BCUT2D eigenvalue weighted by Gasteiger charge is 2.35. The molecule has 2 heterocycles. The van der Waals surface area contributed by atoms with Crippen molar-refractivity contribution >= 4 is 17.7 Å². The number of nitrogens with zero attached hydrogens (tertiary/aromatic N) is 1. The molecule has 0 radical (unpaired) electrons. The number of hydrogen-bond donors (Lipinski definition) is 1. The van der Waals surface area contributed by atoms with Crippen LogP contribution in [-0.2, 0) is 9.59 Å². The first kappa shape index (κ1) is 13.3. The van der Waals surface area contributed by atoms with Crippen LogP contribution in [0.25, 0.3) is 0 Å². The summed E-state index contributed by atoms with van der Waals surface area (Å²) in [4.78, 5) is 36.7. The number of amides is 3. The monoisotopic (exact) mass is 264 g/mol. The summed E-state index contributed by atoms with van der Waals surface area (Å²) in [5.74, 6) is -0.0958. The molecule has 0 spiro atoms. The third kappa shape index (κ3) is 2.14. The average Bonchev–Trinajstić information content (AvgIpc) is 2.57. The number of carbonyl (C=O) groups is 3. The van der Waals surface area contributed by atoms with Gasteiger partial charge in [0.05, 0.1) is 5.56 Å². The molecule has 102 valence electrons. The van der Waals surface area contributed by atoms with Gasteiger partial charge >= 0.3 is 0 Å². The lowest BCUT2D eigenvalue weighted by Gasteiger charge is -2.31. The van der Waals surface area contributed by atoms with Crippen LogP contribution in [0.5, 0.6) is 0 Å². The van der Waals surface area contributed by atoms with E-state index >= 15 is 0 Å². The molecule has 6 heteroatoms. The zero-order valence-electron chi connectivity index (χ0n) is 11.4. The van der Waals surface area contributed by atoms with Crippen LogP contribution in [0.4, 0.5) is 0 Å². The van der Waals surface area contributed by atoms with E-state index in [1.165, 1.54) is 4.90 Å². The van der Waals surface area contributed by atoms with Crippen molar-refractivity contribution < 1.29 is 18.8 Å². The Morgan fingerprint density at radius 3 is 2.42 bits per heavy atom. The second-order valence-electron chi connectivity index (χ2n) is 4.74. The molecule has 1 unspecified atom stereocenters. The van der Waals surface area contributed by atoms with Gasteiger partial charge in [0.25, 0.3) is 5.91 Å². The van der Waals surface area contributed by atoms with E-state index in [1.54, 1.807) is 27.7 Å². The van der Waals surface area contributed by atoms with Crippen molar-refractivity contribution in [1.82, 2.24) is 10.2 Å². The number of nitrogens with one attached hydrogen (secondary N) is 1. The average molecular weight is 264 g/mol. The molecular formula is C13H16N2O4. The van der Waals surface area contributed by atoms with Gasteiger partial charge in [-0.25, -0.2) is 0 Å². The number of imide groups is 1. The van der Waals surface area contributed by atoms with Crippen molar-refractivity contribution in [2.45, 2.75) is 33.7 Å². The van der Waals surface area contributed by atoms with Gasteiger partial charge in [-0.05, 0) is 27.7 Å². The van der Waals surface area contributed by atoms with Gasteiger partial charge in [0.15, 0.2) is 0 Å². The summed E-state index contributed by atoms with van der Waals surface area (Å²) in [7, 11) is 0. The first-order chi connectivity index (χ1) is 8.82. The van der Waals surface area contributed by atoms with Crippen molar-refractivity contribution in [1.29, 1.82) is 0 Å². The Morgan fingerprint density at radius 1 is 1.26 bits per heavy atom. The quantitative estimate of drug-likeness (QED) is 0.757. The molecule has 1 aliphatic heterocycles. The van der Waals surface area contributed by atoms with E-state index in [0.717, 1.165) is 5.56 Å². The van der Waals surface area contributed by atoms with Crippen molar-refractivity contribution in [2.75, 3.05) is 6.54 Å².